The summed E-state index contributed by atoms with van der Waals surface area (Å²) in [4.78, 5) is 11.5. The van der Waals surface area contributed by atoms with Crippen LogP contribution in [0.2, 0.25) is 0 Å². The van der Waals surface area contributed by atoms with Gasteiger partial charge in [0.05, 0.1) is 17.9 Å². The molecule has 5 nitrogen and oxygen atoms in total. The molecule has 2 atom stereocenters. The molecular formula is C24H29ClFN5. The molecule has 0 radical (unpaired) electrons. The van der Waals surface area contributed by atoms with Crippen LogP contribution < -0.4 is 0 Å². The van der Waals surface area contributed by atoms with Gasteiger partial charge in [0, 0.05) is 34.8 Å². The molecule has 2 unspecified atom stereocenters. The van der Waals surface area contributed by atoms with Crippen molar-refractivity contribution >= 4 is 23.7 Å². The number of fused-ring (bicyclic) bond motifs is 2. The van der Waals surface area contributed by atoms with Gasteiger partial charge in [0.25, 0.3) is 0 Å². The average Bonchev–Trinajstić information content (AvgIpc) is 3.10. The van der Waals surface area contributed by atoms with Crippen molar-refractivity contribution in [3.05, 3.63) is 53.0 Å². The van der Waals surface area contributed by atoms with Gasteiger partial charge in [0.1, 0.15) is 18.0 Å². The number of halogens is 2. The molecule has 2 aliphatic heterocycles. The van der Waals surface area contributed by atoms with Gasteiger partial charge in [0.15, 0.2) is 0 Å². The summed E-state index contributed by atoms with van der Waals surface area (Å²) in [5, 5.41) is 7.85. The summed E-state index contributed by atoms with van der Waals surface area (Å²) < 4.78 is 14.2. The number of nitrogens with zero attached hydrogens (tertiary/aromatic N) is 5. The second-order valence-electron chi connectivity index (χ2n) is 9.37. The second-order valence-corrected chi connectivity index (χ2v) is 9.86. The third-order valence-corrected chi connectivity index (χ3v) is 7.44. The average molecular weight is 442 g/mol. The highest BCUT2D eigenvalue weighted by Gasteiger charge is 2.42. The molecule has 4 aliphatic rings. The summed E-state index contributed by atoms with van der Waals surface area (Å²) >= 11 is 6.34. The predicted octanol–water partition coefficient (Wildman–Crippen LogP) is 5.62. The topological polar surface area (TPSA) is 44.1 Å². The fourth-order valence-electron chi connectivity index (χ4n) is 5.65. The highest BCUT2D eigenvalue weighted by Crippen LogP contribution is 2.41. The number of rotatable bonds is 3. The third kappa shape index (κ3) is 3.79. The van der Waals surface area contributed by atoms with Crippen LogP contribution in [0.25, 0.3) is 0 Å². The maximum atomic E-state index is 14.2. The summed E-state index contributed by atoms with van der Waals surface area (Å²) in [6.07, 6.45) is 13.4. The van der Waals surface area contributed by atoms with Crippen molar-refractivity contribution in [2.24, 2.45) is 21.9 Å². The molecule has 1 aromatic rings. The Morgan fingerprint density at radius 1 is 1.16 bits per heavy atom. The maximum absolute atomic E-state index is 14.2. The van der Waals surface area contributed by atoms with Crippen LogP contribution in [0.5, 0.6) is 0 Å². The largest absolute Gasteiger partial charge is 0.311 e. The lowest BCUT2D eigenvalue weighted by atomic mass is 9.80. The Kier molecular flexibility index (Phi) is 5.59. The molecule has 0 N–H and O–H groups in total. The zero-order chi connectivity index (χ0) is 21.5. The van der Waals surface area contributed by atoms with E-state index in [9.17, 15) is 4.39 Å². The molecule has 0 aromatic carbocycles. The lowest BCUT2D eigenvalue weighted by molar-refractivity contribution is 0.152. The smallest absolute Gasteiger partial charge is 0.149 e. The summed E-state index contributed by atoms with van der Waals surface area (Å²) in [5.41, 5.74) is 1.69. The highest BCUT2D eigenvalue weighted by molar-refractivity contribution is 6.31. The van der Waals surface area contributed by atoms with Crippen LogP contribution >= 0.6 is 11.6 Å². The highest BCUT2D eigenvalue weighted by atomic mass is 35.5. The van der Waals surface area contributed by atoms with Crippen LogP contribution in [-0.2, 0) is 0 Å². The predicted molar refractivity (Wildman–Crippen MR) is 122 cm³/mol. The molecule has 2 aliphatic carbocycles. The van der Waals surface area contributed by atoms with E-state index in [1.54, 1.807) is 12.3 Å². The molecule has 0 bridgehead atoms. The Labute approximate surface area is 188 Å². The molecule has 1 aromatic heterocycles. The number of hydrogen-bond donors (Lipinski definition) is 0. The first kappa shape index (κ1) is 20.7. The van der Waals surface area contributed by atoms with E-state index in [-0.39, 0.29) is 11.7 Å². The minimum atomic E-state index is -0.187. The van der Waals surface area contributed by atoms with E-state index in [2.05, 4.69) is 34.8 Å². The monoisotopic (exact) mass is 441 g/mol. The number of pyridine rings is 1. The van der Waals surface area contributed by atoms with E-state index in [0.717, 1.165) is 55.1 Å². The fourth-order valence-corrected chi connectivity index (χ4v) is 5.87. The first-order valence-electron chi connectivity index (χ1n) is 11.4. The van der Waals surface area contributed by atoms with Gasteiger partial charge in [-0.05, 0) is 62.7 Å². The fraction of sp³-hybridized carbons (Fsp3) is 0.542. The van der Waals surface area contributed by atoms with Crippen molar-refractivity contribution in [1.82, 2.24) is 14.9 Å². The molecule has 164 valence electrons. The zero-order valence-electron chi connectivity index (χ0n) is 18.1. The van der Waals surface area contributed by atoms with Gasteiger partial charge in [-0.1, -0.05) is 25.4 Å². The van der Waals surface area contributed by atoms with Crippen molar-refractivity contribution in [2.75, 3.05) is 0 Å². The molecular weight excluding hydrogens is 413 g/mol. The Bertz CT molecular complexity index is 960. The number of hydrazone groups is 1. The molecule has 1 saturated carbocycles. The van der Waals surface area contributed by atoms with Crippen LogP contribution in [0.4, 0.5) is 4.39 Å². The lowest BCUT2D eigenvalue weighted by Crippen LogP contribution is -2.46. The Morgan fingerprint density at radius 3 is 2.71 bits per heavy atom. The molecule has 0 spiro atoms. The van der Waals surface area contributed by atoms with Crippen molar-refractivity contribution in [3.8, 4) is 0 Å². The van der Waals surface area contributed by atoms with Crippen molar-refractivity contribution in [3.63, 3.8) is 0 Å². The van der Waals surface area contributed by atoms with E-state index >= 15 is 0 Å². The van der Waals surface area contributed by atoms with Gasteiger partial charge in [-0.25, -0.2) is 9.40 Å². The molecule has 5 rings (SSSR count). The summed E-state index contributed by atoms with van der Waals surface area (Å²) in [5.74, 6) is 1.86. The molecule has 0 saturated heterocycles. The van der Waals surface area contributed by atoms with Gasteiger partial charge in [-0.3, -0.25) is 9.98 Å². The van der Waals surface area contributed by atoms with E-state index in [4.69, 9.17) is 21.7 Å². The molecule has 1 fully saturated rings. The standard InChI is InChI=1S/C24H29ClFN5/c1-15(2)24-19-10-7-17(25)12-21(19)28-13-22-30(24)14-29-31(22)18-8-5-16(6-9-18)23-20(26)4-3-11-27-23/h3-4,11-16,18-19,24H,5-10H2,1-2H3. The lowest BCUT2D eigenvalue weighted by Gasteiger charge is -2.39. The van der Waals surface area contributed by atoms with E-state index in [1.807, 2.05) is 12.5 Å². The quantitative estimate of drug-likeness (QED) is 0.611. The second kappa shape index (κ2) is 8.38. The van der Waals surface area contributed by atoms with Crippen molar-refractivity contribution < 1.29 is 4.39 Å². The molecule has 3 heterocycles. The van der Waals surface area contributed by atoms with E-state index in [0.29, 0.717) is 29.6 Å². The Balaban J connectivity index is 1.36. The first-order chi connectivity index (χ1) is 15.0. The van der Waals surface area contributed by atoms with Crippen LogP contribution in [0, 0.1) is 17.7 Å². The number of hydrogen-bond acceptors (Lipinski definition) is 5. The van der Waals surface area contributed by atoms with Crippen LogP contribution in [0.3, 0.4) is 0 Å². The Morgan fingerprint density at radius 2 is 1.97 bits per heavy atom. The third-order valence-electron chi connectivity index (χ3n) is 7.14. The SMILES string of the molecule is CC(C)C1C2CCC(Cl)=CC2=NC=C2N1C=NN2C1CCC(c2ncccc2F)CC1. The van der Waals surface area contributed by atoms with Gasteiger partial charge in [-0.2, -0.15) is 5.10 Å². The zero-order valence-corrected chi connectivity index (χ0v) is 18.8. The summed E-state index contributed by atoms with van der Waals surface area (Å²) in [7, 11) is 0. The van der Waals surface area contributed by atoms with Gasteiger partial charge >= 0.3 is 0 Å². The minimum absolute atomic E-state index is 0.182. The molecule has 31 heavy (non-hydrogen) atoms. The van der Waals surface area contributed by atoms with Crippen LogP contribution in [0.15, 0.2) is 51.6 Å². The van der Waals surface area contributed by atoms with Gasteiger partial charge in [0.2, 0.25) is 0 Å². The maximum Gasteiger partial charge on any atom is 0.149 e. The number of aliphatic imine (C=N–C) groups is 1. The molecule has 0 amide bonds. The molecule has 7 heteroatoms. The van der Waals surface area contributed by atoms with Crippen LogP contribution in [-0.4, -0.2) is 39.0 Å². The Hall–Kier alpha value is -2.21. The first-order valence-corrected chi connectivity index (χ1v) is 11.8. The summed E-state index contributed by atoms with van der Waals surface area (Å²) in [6, 6.07) is 3.77. The minimum Gasteiger partial charge on any atom is -0.311 e. The van der Waals surface area contributed by atoms with Gasteiger partial charge < -0.3 is 4.90 Å². The summed E-state index contributed by atoms with van der Waals surface area (Å²) in [6.45, 7) is 4.54. The van der Waals surface area contributed by atoms with E-state index < -0.39 is 0 Å². The number of aromatic nitrogens is 1. The van der Waals surface area contributed by atoms with Crippen molar-refractivity contribution in [1.29, 1.82) is 0 Å². The van der Waals surface area contributed by atoms with Gasteiger partial charge in [-0.15, -0.1) is 0 Å². The number of allylic oxidation sites excluding steroid dienone is 2. The van der Waals surface area contributed by atoms with Crippen molar-refractivity contribution in [2.45, 2.75) is 70.4 Å². The normalized spacial score (nSPS) is 30.4. The van der Waals surface area contributed by atoms with Crippen LogP contribution in [0.1, 0.15) is 64.0 Å². The van der Waals surface area contributed by atoms with E-state index in [1.165, 1.54) is 6.07 Å².